The highest BCUT2D eigenvalue weighted by Gasteiger charge is 2.31. The molecular formula is C33H41N7O4. The topological polar surface area (TPSA) is 181 Å². The molecule has 4 amide bonds. The quantitative estimate of drug-likeness (QED) is 0.0886. The number of hydrogen-bond donors (Lipinski definition) is 6. The number of rotatable bonds is 15. The highest BCUT2D eigenvalue weighted by atomic mass is 16.2. The van der Waals surface area contributed by atoms with Crippen LogP contribution < -0.4 is 32.7 Å². The number of carbonyl (C=O) groups is 4. The first kappa shape index (κ1) is 33.3. The molecule has 0 heterocycles. The summed E-state index contributed by atoms with van der Waals surface area (Å²) in [6.07, 6.45) is 0.892. The first-order valence-corrected chi connectivity index (χ1v) is 14.6. The van der Waals surface area contributed by atoms with Crippen LogP contribution in [-0.4, -0.2) is 54.3 Å². The third-order valence-corrected chi connectivity index (χ3v) is 6.81. The average molecular weight is 600 g/mol. The number of guanidine groups is 1. The Balaban J connectivity index is 1.77. The molecule has 0 saturated carbocycles. The Hall–Kier alpha value is -5.19. The molecule has 3 atom stereocenters. The van der Waals surface area contributed by atoms with Gasteiger partial charge in [0, 0.05) is 24.2 Å². The Morgan fingerprint density at radius 1 is 0.705 bits per heavy atom. The lowest BCUT2D eigenvalue weighted by atomic mass is 10.00. The van der Waals surface area contributed by atoms with E-state index in [1.165, 1.54) is 0 Å². The average Bonchev–Trinajstić information content (AvgIpc) is 3.01. The molecule has 0 aromatic heterocycles. The molecule has 11 heteroatoms. The van der Waals surface area contributed by atoms with E-state index in [9.17, 15) is 19.2 Å². The second kappa shape index (κ2) is 17.1. The van der Waals surface area contributed by atoms with Crippen LogP contribution in [0, 0.1) is 5.92 Å². The van der Waals surface area contributed by atoms with E-state index >= 15 is 0 Å². The van der Waals surface area contributed by atoms with Gasteiger partial charge in [-0.15, -0.1) is 0 Å². The van der Waals surface area contributed by atoms with E-state index in [0.29, 0.717) is 17.7 Å². The normalized spacial score (nSPS) is 12.7. The molecule has 0 unspecified atom stereocenters. The van der Waals surface area contributed by atoms with Gasteiger partial charge in [0.2, 0.25) is 17.7 Å². The zero-order valence-electron chi connectivity index (χ0n) is 25.0. The van der Waals surface area contributed by atoms with Crippen molar-refractivity contribution in [1.82, 2.24) is 16.0 Å². The van der Waals surface area contributed by atoms with Gasteiger partial charge in [-0.05, 0) is 48.6 Å². The van der Waals surface area contributed by atoms with Crippen molar-refractivity contribution in [2.45, 2.75) is 51.2 Å². The number of benzene rings is 3. The van der Waals surface area contributed by atoms with Crippen LogP contribution in [0.1, 0.15) is 42.6 Å². The molecule has 0 spiro atoms. The number of amides is 4. The van der Waals surface area contributed by atoms with Gasteiger partial charge < -0.3 is 32.7 Å². The largest absolute Gasteiger partial charge is 0.370 e. The van der Waals surface area contributed by atoms with E-state index in [-0.39, 0.29) is 31.3 Å². The lowest BCUT2D eigenvalue weighted by Crippen LogP contribution is -2.58. The fourth-order valence-corrected chi connectivity index (χ4v) is 4.46. The van der Waals surface area contributed by atoms with Crippen LogP contribution in [0.4, 0.5) is 5.69 Å². The van der Waals surface area contributed by atoms with E-state index in [4.69, 9.17) is 11.5 Å². The van der Waals surface area contributed by atoms with Gasteiger partial charge in [-0.2, -0.15) is 0 Å². The summed E-state index contributed by atoms with van der Waals surface area (Å²) < 4.78 is 0. The van der Waals surface area contributed by atoms with Crippen molar-refractivity contribution in [2.75, 3.05) is 11.9 Å². The summed E-state index contributed by atoms with van der Waals surface area (Å²) in [5, 5.41) is 11.3. The summed E-state index contributed by atoms with van der Waals surface area (Å²) in [5.41, 5.74) is 12.7. The minimum atomic E-state index is -0.987. The molecule has 0 fully saturated rings. The summed E-state index contributed by atoms with van der Waals surface area (Å²) in [6.45, 7) is 3.86. The van der Waals surface area contributed by atoms with E-state index in [0.717, 1.165) is 5.56 Å². The summed E-state index contributed by atoms with van der Waals surface area (Å²) in [7, 11) is 0. The number of carbonyl (C=O) groups excluding carboxylic acids is 4. The maximum absolute atomic E-state index is 13.6. The van der Waals surface area contributed by atoms with Gasteiger partial charge in [0.15, 0.2) is 5.96 Å². The number of aliphatic imine (C=N–C) groups is 1. The molecule has 0 aliphatic rings. The fraction of sp³-hybridized carbons (Fsp3) is 0.303. The van der Waals surface area contributed by atoms with Crippen LogP contribution in [0.5, 0.6) is 0 Å². The van der Waals surface area contributed by atoms with Crippen molar-refractivity contribution in [3.63, 3.8) is 0 Å². The lowest BCUT2D eigenvalue weighted by Gasteiger charge is -2.27. The minimum absolute atomic E-state index is 0.0636. The van der Waals surface area contributed by atoms with Crippen LogP contribution in [0.25, 0.3) is 0 Å². The molecule has 8 N–H and O–H groups in total. The highest BCUT2D eigenvalue weighted by Crippen LogP contribution is 2.11. The zero-order valence-corrected chi connectivity index (χ0v) is 25.0. The Kier molecular flexibility index (Phi) is 12.9. The van der Waals surface area contributed by atoms with Crippen LogP contribution in [-0.2, 0) is 20.8 Å². The van der Waals surface area contributed by atoms with Gasteiger partial charge in [0.25, 0.3) is 5.91 Å². The molecule has 0 radical (unpaired) electrons. The second-order valence-electron chi connectivity index (χ2n) is 10.7. The first-order valence-electron chi connectivity index (χ1n) is 14.6. The molecule has 232 valence electrons. The molecule has 3 aromatic carbocycles. The third-order valence-electron chi connectivity index (χ3n) is 6.81. The van der Waals surface area contributed by atoms with Gasteiger partial charge in [0.1, 0.15) is 18.1 Å². The highest BCUT2D eigenvalue weighted by molar-refractivity contribution is 6.00. The minimum Gasteiger partial charge on any atom is -0.370 e. The third kappa shape index (κ3) is 10.9. The number of nitrogens with zero attached hydrogens (tertiary/aromatic N) is 1. The van der Waals surface area contributed by atoms with E-state index < -0.39 is 41.8 Å². The predicted molar refractivity (Wildman–Crippen MR) is 172 cm³/mol. The molecule has 11 nitrogen and oxygen atoms in total. The summed E-state index contributed by atoms with van der Waals surface area (Å²) in [4.78, 5) is 57.4. The van der Waals surface area contributed by atoms with Gasteiger partial charge in [0.05, 0.1) is 0 Å². The van der Waals surface area contributed by atoms with Gasteiger partial charge in [-0.3, -0.25) is 24.2 Å². The van der Waals surface area contributed by atoms with Crippen LogP contribution in [0.2, 0.25) is 0 Å². The molecule has 3 aromatic rings. The summed E-state index contributed by atoms with van der Waals surface area (Å²) in [6, 6.07) is 23.9. The Bertz CT molecular complexity index is 1400. The van der Waals surface area contributed by atoms with Crippen molar-refractivity contribution in [2.24, 2.45) is 22.4 Å². The molecule has 0 saturated heterocycles. The van der Waals surface area contributed by atoms with Crippen molar-refractivity contribution >= 4 is 35.3 Å². The molecule has 0 aliphatic carbocycles. The first-order chi connectivity index (χ1) is 21.1. The smallest absolute Gasteiger partial charge is 0.251 e. The van der Waals surface area contributed by atoms with Crippen LogP contribution in [0.3, 0.4) is 0 Å². The molecule has 3 rings (SSSR count). The number of nitrogens with two attached hydrogens (primary N) is 2. The Morgan fingerprint density at radius 2 is 1.30 bits per heavy atom. The van der Waals surface area contributed by atoms with Crippen molar-refractivity contribution < 1.29 is 19.2 Å². The molecule has 44 heavy (non-hydrogen) atoms. The summed E-state index contributed by atoms with van der Waals surface area (Å²) in [5.74, 6) is -2.28. The fourth-order valence-electron chi connectivity index (χ4n) is 4.46. The zero-order chi connectivity index (χ0) is 31.9. The SMILES string of the molecule is CC(C)[C@H](NC(=O)[C@@H](Cc1ccccc1)NC(=O)c1ccccc1)C(=O)N[C@H](CCCN=C(N)N)C(=O)Nc1ccccc1. The van der Waals surface area contributed by atoms with Gasteiger partial charge in [-0.25, -0.2) is 0 Å². The van der Waals surface area contributed by atoms with Crippen molar-refractivity contribution in [3.05, 3.63) is 102 Å². The standard InChI is InChI=1S/C33H41N7O4/c1-22(2)28(32(44)38-26(19-12-20-36-33(34)35)30(42)37-25-17-10-5-11-18-25)40-31(43)27(21-23-13-6-3-7-14-23)39-29(41)24-15-8-4-9-16-24/h3-11,13-18,22,26-28H,12,19-21H2,1-2H3,(H,37,42)(H,38,44)(H,39,41)(H,40,43)(H4,34,35,36)/t26-,27-,28+/m1/s1. The second-order valence-corrected chi connectivity index (χ2v) is 10.7. The Morgan fingerprint density at radius 3 is 1.89 bits per heavy atom. The maximum Gasteiger partial charge on any atom is 0.251 e. The monoisotopic (exact) mass is 599 g/mol. The predicted octanol–water partition coefficient (Wildman–Crippen LogP) is 2.35. The maximum atomic E-state index is 13.6. The number of hydrogen-bond acceptors (Lipinski definition) is 5. The van der Waals surface area contributed by atoms with Crippen molar-refractivity contribution in [3.8, 4) is 0 Å². The van der Waals surface area contributed by atoms with Crippen LogP contribution >= 0.6 is 0 Å². The van der Waals surface area contributed by atoms with Gasteiger partial charge >= 0.3 is 0 Å². The van der Waals surface area contributed by atoms with E-state index in [1.807, 2.05) is 36.4 Å². The molecule has 0 bridgehead atoms. The number of nitrogens with one attached hydrogen (secondary N) is 4. The number of anilines is 1. The molecular weight excluding hydrogens is 558 g/mol. The van der Waals surface area contributed by atoms with Gasteiger partial charge in [-0.1, -0.05) is 80.6 Å². The lowest BCUT2D eigenvalue weighted by molar-refractivity contribution is -0.132. The Labute approximate surface area is 257 Å². The number of para-hydroxylation sites is 1. The van der Waals surface area contributed by atoms with Crippen LogP contribution in [0.15, 0.2) is 96.0 Å². The van der Waals surface area contributed by atoms with E-state index in [1.54, 1.807) is 68.4 Å². The molecule has 0 aliphatic heterocycles. The van der Waals surface area contributed by atoms with E-state index in [2.05, 4.69) is 26.3 Å². The van der Waals surface area contributed by atoms with Crippen molar-refractivity contribution in [1.29, 1.82) is 0 Å². The summed E-state index contributed by atoms with van der Waals surface area (Å²) >= 11 is 0.